The van der Waals surface area contributed by atoms with E-state index in [9.17, 15) is 12.8 Å². The Balaban J connectivity index is 2.48. The summed E-state index contributed by atoms with van der Waals surface area (Å²) in [6.07, 6.45) is 2.25. The summed E-state index contributed by atoms with van der Waals surface area (Å²) in [7, 11) is -2.25. The third-order valence-corrected chi connectivity index (χ3v) is 4.52. The minimum atomic E-state index is -3.95. The van der Waals surface area contributed by atoms with E-state index in [0.29, 0.717) is 17.9 Å². The molecule has 0 spiro atoms. The second-order valence-electron chi connectivity index (χ2n) is 4.51. The fourth-order valence-corrected chi connectivity index (χ4v) is 3.61. The summed E-state index contributed by atoms with van der Waals surface area (Å²) >= 11 is 0. The smallest absolute Gasteiger partial charge is 0.265 e. The zero-order valence-electron chi connectivity index (χ0n) is 11.9. The zero-order valence-corrected chi connectivity index (χ0v) is 12.7. The fourth-order valence-electron chi connectivity index (χ4n) is 2.10. The van der Waals surface area contributed by atoms with Gasteiger partial charge in [-0.1, -0.05) is 0 Å². The van der Waals surface area contributed by atoms with Crippen LogP contribution < -0.4 is 10.0 Å². The fraction of sp³-hybridized carbons (Fsp3) is 0.308. The van der Waals surface area contributed by atoms with Crippen LogP contribution in [0.25, 0.3) is 0 Å². The molecule has 8 heteroatoms. The lowest BCUT2D eigenvalue weighted by molar-refractivity contribution is 0.494. The Morgan fingerprint density at radius 1 is 1.33 bits per heavy atom. The Hall–Kier alpha value is -1.93. The van der Waals surface area contributed by atoms with Crippen molar-refractivity contribution >= 4 is 15.7 Å². The molecule has 0 aliphatic rings. The normalized spacial score (nSPS) is 11.6. The first-order valence-electron chi connectivity index (χ1n) is 6.22. The molecule has 0 aliphatic carbocycles. The summed E-state index contributed by atoms with van der Waals surface area (Å²) < 4.78 is 46.2. The van der Waals surface area contributed by atoms with Gasteiger partial charge in [0.1, 0.15) is 16.4 Å². The van der Waals surface area contributed by atoms with E-state index >= 15 is 0 Å². The number of hydrogen-bond acceptors (Lipinski definition) is 5. The van der Waals surface area contributed by atoms with Gasteiger partial charge in [0.15, 0.2) is 5.82 Å². The lowest BCUT2D eigenvalue weighted by atomic mass is 10.2. The Labute approximate surface area is 122 Å². The summed E-state index contributed by atoms with van der Waals surface area (Å²) in [6, 6.07) is 1.26. The maximum Gasteiger partial charge on any atom is 0.265 e. The van der Waals surface area contributed by atoms with Gasteiger partial charge in [-0.25, -0.2) is 12.8 Å². The molecule has 2 rings (SSSR count). The number of halogens is 1. The van der Waals surface area contributed by atoms with Crippen molar-refractivity contribution < 1.29 is 17.2 Å². The van der Waals surface area contributed by atoms with Crippen molar-refractivity contribution in [3.8, 4) is 0 Å². The monoisotopic (exact) mass is 313 g/mol. The average molecular weight is 313 g/mol. The van der Waals surface area contributed by atoms with E-state index in [-0.39, 0.29) is 16.3 Å². The highest BCUT2D eigenvalue weighted by atomic mass is 32.2. The average Bonchev–Trinajstić information content (AvgIpc) is 2.68. The van der Waals surface area contributed by atoms with Crippen LogP contribution in [0.2, 0.25) is 0 Å². The molecule has 21 heavy (non-hydrogen) atoms. The van der Waals surface area contributed by atoms with E-state index in [4.69, 9.17) is 4.42 Å². The molecule has 0 aliphatic heterocycles. The lowest BCUT2D eigenvalue weighted by Crippen LogP contribution is -2.18. The van der Waals surface area contributed by atoms with Gasteiger partial charge >= 0.3 is 0 Å². The summed E-state index contributed by atoms with van der Waals surface area (Å²) in [5, 5.41) is 2.89. The number of hydrogen-bond donors (Lipinski definition) is 2. The second-order valence-corrected chi connectivity index (χ2v) is 6.13. The van der Waals surface area contributed by atoms with Crippen LogP contribution in [0.4, 0.5) is 10.1 Å². The molecule has 0 bridgehead atoms. The van der Waals surface area contributed by atoms with E-state index in [2.05, 4.69) is 15.0 Å². The van der Waals surface area contributed by atoms with Gasteiger partial charge in [0.2, 0.25) is 0 Å². The molecular weight excluding hydrogens is 297 g/mol. The van der Waals surface area contributed by atoms with Gasteiger partial charge in [0, 0.05) is 18.3 Å². The van der Waals surface area contributed by atoms with Crippen molar-refractivity contribution in [3.63, 3.8) is 0 Å². The number of anilines is 1. The first kappa shape index (κ1) is 15.5. The van der Waals surface area contributed by atoms with E-state index in [1.54, 1.807) is 20.9 Å². The molecule has 6 nitrogen and oxygen atoms in total. The third kappa shape index (κ3) is 3.06. The summed E-state index contributed by atoms with van der Waals surface area (Å²) in [5.74, 6) is 0.0336. The highest BCUT2D eigenvalue weighted by Gasteiger charge is 2.27. The largest absolute Gasteiger partial charge is 0.465 e. The summed E-state index contributed by atoms with van der Waals surface area (Å²) in [4.78, 5) is 3.61. The predicted molar refractivity (Wildman–Crippen MR) is 75.9 cm³/mol. The highest BCUT2D eigenvalue weighted by Crippen LogP contribution is 2.28. The molecule has 2 heterocycles. The molecular formula is C13H16FN3O3S. The van der Waals surface area contributed by atoms with Crippen LogP contribution in [0.1, 0.15) is 17.1 Å². The van der Waals surface area contributed by atoms with Crippen LogP contribution in [0.5, 0.6) is 0 Å². The molecule has 0 saturated heterocycles. The third-order valence-electron chi connectivity index (χ3n) is 2.96. The van der Waals surface area contributed by atoms with Crippen molar-refractivity contribution in [2.75, 3.05) is 11.8 Å². The van der Waals surface area contributed by atoms with Crippen LogP contribution in [0.3, 0.4) is 0 Å². The molecule has 2 aromatic rings. The standard InChI is InChI=1S/C13H16FN3O3S/c1-8-10(6-15-3)13(9(2)20-8)21(18,19)17-12-4-5-16-7-11(12)14/h4-5,7,15H,6H2,1-3H3,(H,16,17). The quantitative estimate of drug-likeness (QED) is 0.881. The summed E-state index contributed by atoms with van der Waals surface area (Å²) in [6.45, 7) is 3.58. The van der Waals surface area contributed by atoms with Gasteiger partial charge in [-0.2, -0.15) is 0 Å². The maximum atomic E-state index is 13.6. The van der Waals surface area contributed by atoms with Crippen LogP contribution >= 0.6 is 0 Å². The summed E-state index contributed by atoms with van der Waals surface area (Å²) in [5.41, 5.74) is 0.371. The molecule has 2 N–H and O–H groups in total. The minimum Gasteiger partial charge on any atom is -0.465 e. The van der Waals surface area contributed by atoms with Gasteiger partial charge in [-0.3, -0.25) is 9.71 Å². The second kappa shape index (κ2) is 5.82. The van der Waals surface area contributed by atoms with E-state index < -0.39 is 15.8 Å². The highest BCUT2D eigenvalue weighted by molar-refractivity contribution is 7.92. The number of aryl methyl sites for hydroxylation is 2. The van der Waals surface area contributed by atoms with E-state index in [0.717, 1.165) is 6.20 Å². The van der Waals surface area contributed by atoms with Gasteiger partial charge in [-0.05, 0) is 27.0 Å². The van der Waals surface area contributed by atoms with E-state index in [1.807, 2.05) is 0 Å². The van der Waals surface area contributed by atoms with Crippen LogP contribution in [0.15, 0.2) is 27.8 Å². The van der Waals surface area contributed by atoms with Gasteiger partial charge < -0.3 is 9.73 Å². The van der Waals surface area contributed by atoms with Crippen LogP contribution in [0, 0.1) is 19.7 Å². The SMILES string of the molecule is CNCc1c(C)oc(C)c1S(=O)(=O)Nc1ccncc1F. The molecule has 2 aromatic heterocycles. The van der Waals surface area contributed by atoms with Gasteiger partial charge in [0.05, 0.1) is 11.9 Å². The van der Waals surface area contributed by atoms with Crippen LogP contribution in [-0.4, -0.2) is 20.4 Å². The molecule has 0 aromatic carbocycles. The van der Waals surface area contributed by atoms with Crippen molar-refractivity contribution in [1.82, 2.24) is 10.3 Å². The molecule has 114 valence electrons. The Kier molecular flexibility index (Phi) is 4.29. The van der Waals surface area contributed by atoms with Crippen molar-refractivity contribution in [3.05, 3.63) is 41.4 Å². The van der Waals surface area contributed by atoms with E-state index in [1.165, 1.54) is 12.3 Å². The molecule has 0 unspecified atom stereocenters. The van der Waals surface area contributed by atoms with Gasteiger partial charge in [-0.15, -0.1) is 0 Å². The molecule has 0 saturated carbocycles. The zero-order chi connectivity index (χ0) is 15.6. The predicted octanol–water partition coefficient (Wildman–Crippen LogP) is 1.95. The number of aromatic nitrogens is 1. The van der Waals surface area contributed by atoms with Crippen molar-refractivity contribution in [2.24, 2.45) is 0 Å². The van der Waals surface area contributed by atoms with Crippen molar-refractivity contribution in [1.29, 1.82) is 0 Å². The molecule has 0 amide bonds. The molecule has 0 radical (unpaired) electrons. The first-order chi connectivity index (χ1) is 9.86. The Morgan fingerprint density at radius 3 is 2.67 bits per heavy atom. The topological polar surface area (TPSA) is 84.2 Å². The number of rotatable bonds is 5. The molecule has 0 fully saturated rings. The van der Waals surface area contributed by atoms with Crippen molar-refractivity contribution in [2.45, 2.75) is 25.3 Å². The number of pyridine rings is 1. The maximum absolute atomic E-state index is 13.6. The first-order valence-corrected chi connectivity index (χ1v) is 7.71. The minimum absolute atomic E-state index is 0.0329. The Morgan fingerprint density at radius 2 is 2.05 bits per heavy atom. The van der Waals surface area contributed by atoms with Gasteiger partial charge in [0.25, 0.3) is 10.0 Å². The number of sulfonamides is 1. The lowest BCUT2D eigenvalue weighted by Gasteiger charge is -2.10. The number of nitrogens with one attached hydrogen (secondary N) is 2. The number of furan rings is 1. The van der Waals surface area contributed by atoms with Crippen LogP contribution in [-0.2, 0) is 16.6 Å². The Bertz CT molecular complexity index is 756. The number of nitrogens with zero attached hydrogens (tertiary/aromatic N) is 1. The molecule has 0 atom stereocenters.